The van der Waals surface area contributed by atoms with Crippen LogP contribution in [0.3, 0.4) is 0 Å². The second-order valence-electron chi connectivity index (χ2n) is 5.54. The van der Waals surface area contributed by atoms with E-state index in [4.69, 9.17) is 0 Å². The maximum absolute atomic E-state index is 12.5. The summed E-state index contributed by atoms with van der Waals surface area (Å²) in [5.74, 6) is -1.05. The molecule has 4 nitrogen and oxygen atoms in total. The fraction of sp³-hybridized carbons (Fsp3) is 0.923. The minimum absolute atomic E-state index is 0.115. The third kappa shape index (κ3) is 4.34. The molecule has 7 heteroatoms. The van der Waals surface area contributed by atoms with E-state index in [1.54, 1.807) is 0 Å². The first-order chi connectivity index (χ1) is 9.47. The molecule has 2 aliphatic rings. The highest BCUT2D eigenvalue weighted by Gasteiger charge is 2.40. The highest BCUT2D eigenvalue weighted by atomic mass is 19.4. The zero-order valence-electron chi connectivity index (χ0n) is 11.6. The molecule has 0 aromatic heterocycles. The van der Waals surface area contributed by atoms with E-state index in [-0.39, 0.29) is 18.7 Å². The Morgan fingerprint density at radius 3 is 2.25 bits per heavy atom. The molecular formula is C13H22F3N3O. The van der Waals surface area contributed by atoms with E-state index in [9.17, 15) is 18.0 Å². The van der Waals surface area contributed by atoms with Crippen LogP contribution in [0.1, 0.15) is 19.3 Å². The molecule has 20 heavy (non-hydrogen) atoms. The van der Waals surface area contributed by atoms with E-state index in [0.29, 0.717) is 26.1 Å². The van der Waals surface area contributed by atoms with E-state index in [0.717, 1.165) is 26.2 Å². The fourth-order valence-corrected chi connectivity index (χ4v) is 2.81. The van der Waals surface area contributed by atoms with Gasteiger partial charge in [0.2, 0.25) is 5.91 Å². The van der Waals surface area contributed by atoms with Crippen LogP contribution in [0.15, 0.2) is 0 Å². The van der Waals surface area contributed by atoms with Gasteiger partial charge in [0.25, 0.3) is 0 Å². The summed E-state index contributed by atoms with van der Waals surface area (Å²) < 4.78 is 37.6. The van der Waals surface area contributed by atoms with E-state index in [1.807, 2.05) is 9.80 Å². The molecule has 2 rings (SSSR count). The summed E-state index contributed by atoms with van der Waals surface area (Å²) in [5, 5.41) is 3.18. The summed E-state index contributed by atoms with van der Waals surface area (Å²) in [6.07, 6.45) is -3.34. The van der Waals surface area contributed by atoms with Crippen molar-refractivity contribution in [2.45, 2.75) is 25.4 Å². The number of carbonyl (C=O) groups is 1. The lowest BCUT2D eigenvalue weighted by molar-refractivity contribution is -0.185. The molecule has 1 N–H and O–H groups in total. The predicted molar refractivity (Wildman–Crippen MR) is 69.3 cm³/mol. The number of hydrogen-bond donors (Lipinski definition) is 1. The van der Waals surface area contributed by atoms with Crippen molar-refractivity contribution in [2.75, 3.05) is 45.8 Å². The molecule has 116 valence electrons. The summed E-state index contributed by atoms with van der Waals surface area (Å²) in [7, 11) is 0. The number of hydrogen-bond acceptors (Lipinski definition) is 3. The molecular weight excluding hydrogens is 271 g/mol. The van der Waals surface area contributed by atoms with Crippen molar-refractivity contribution in [1.82, 2.24) is 15.1 Å². The van der Waals surface area contributed by atoms with Crippen molar-refractivity contribution in [3.05, 3.63) is 0 Å². The molecule has 0 aliphatic carbocycles. The van der Waals surface area contributed by atoms with Gasteiger partial charge in [-0.2, -0.15) is 13.2 Å². The van der Waals surface area contributed by atoms with Gasteiger partial charge in [-0.1, -0.05) is 0 Å². The molecule has 0 radical (unpaired) electrons. The largest absolute Gasteiger partial charge is 0.391 e. The first kappa shape index (κ1) is 15.6. The quantitative estimate of drug-likeness (QED) is 0.846. The lowest BCUT2D eigenvalue weighted by atomic mass is 9.96. The third-order valence-corrected chi connectivity index (χ3v) is 4.16. The average Bonchev–Trinajstić information content (AvgIpc) is 2.45. The third-order valence-electron chi connectivity index (χ3n) is 4.16. The van der Waals surface area contributed by atoms with Crippen LogP contribution < -0.4 is 5.32 Å². The predicted octanol–water partition coefficient (Wildman–Crippen LogP) is 1.08. The number of carbonyl (C=O) groups excluding carboxylic acids is 1. The lowest BCUT2D eigenvalue weighted by Gasteiger charge is -2.33. The topological polar surface area (TPSA) is 35.6 Å². The van der Waals surface area contributed by atoms with Crippen LogP contribution in [0.5, 0.6) is 0 Å². The van der Waals surface area contributed by atoms with E-state index >= 15 is 0 Å². The van der Waals surface area contributed by atoms with Gasteiger partial charge >= 0.3 is 6.18 Å². The Kier molecular flexibility index (Phi) is 5.26. The number of halogens is 3. The standard InChI is InChI=1S/C13H22F3N3O/c14-13(15,16)11-1-6-18(7-2-11)8-3-12(20)19-9-4-17-5-10-19/h11,17H,1-10H2. The van der Waals surface area contributed by atoms with Crippen molar-refractivity contribution < 1.29 is 18.0 Å². The minimum atomic E-state index is -4.07. The van der Waals surface area contributed by atoms with Crippen LogP contribution in [0.25, 0.3) is 0 Å². The summed E-state index contributed by atoms with van der Waals surface area (Å²) in [6, 6.07) is 0. The Labute approximate surface area is 117 Å². The molecule has 0 spiro atoms. The molecule has 0 bridgehead atoms. The van der Waals surface area contributed by atoms with Crippen LogP contribution in [-0.2, 0) is 4.79 Å². The van der Waals surface area contributed by atoms with Gasteiger partial charge in [-0.15, -0.1) is 0 Å². The number of nitrogens with one attached hydrogen (secondary N) is 1. The van der Waals surface area contributed by atoms with Crippen LogP contribution in [0.4, 0.5) is 13.2 Å². The summed E-state index contributed by atoms with van der Waals surface area (Å²) >= 11 is 0. The normalized spacial score (nSPS) is 23.1. The van der Waals surface area contributed by atoms with Gasteiger partial charge in [-0.05, 0) is 25.9 Å². The Bertz CT molecular complexity index is 321. The van der Waals surface area contributed by atoms with Crippen LogP contribution in [0.2, 0.25) is 0 Å². The highest BCUT2D eigenvalue weighted by Crippen LogP contribution is 2.33. The molecule has 0 aromatic carbocycles. The first-order valence-electron chi connectivity index (χ1n) is 7.24. The number of piperazine rings is 1. The Morgan fingerprint density at radius 2 is 1.70 bits per heavy atom. The summed E-state index contributed by atoms with van der Waals surface area (Å²) in [4.78, 5) is 15.8. The van der Waals surface area contributed by atoms with Crippen LogP contribution in [-0.4, -0.2) is 67.7 Å². The maximum atomic E-state index is 12.5. The van der Waals surface area contributed by atoms with Gasteiger partial charge < -0.3 is 15.1 Å². The fourth-order valence-electron chi connectivity index (χ4n) is 2.81. The SMILES string of the molecule is O=C(CCN1CCC(C(F)(F)F)CC1)N1CCNCC1. The van der Waals surface area contributed by atoms with Crippen molar-refractivity contribution >= 4 is 5.91 Å². The van der Waals surface area contributed by atoms with Crippen LogP contribution in [0, 0.1) is 5.92 Å². The average molecular weight is 293 g/mol. The second kappa shape index (κ2) is 6.76. The van der Waals surface area contributed by atoms with Gasteiger partial charge in [-0.3, -0.25) is 4.79 Å². The van der Waals surface area contributed by atoms with Gasteiger partial charge in [-0.25, -0.2) is 0 Å². The Morgan fingerprint density at radius 1 is 1.10 bits per heavy atom. The van der Waals surface area contributed by atoms with Crippen molar-refractivity contribution in [3.8, 4) is 0 Å². The lowest BCUT2D eigenvalue weighted by Crippen LogP contribution is -2.47. The van der Waals surface area contributed by atoms with E-state index < -0.39 is 12.1 Å². The Balaban J connectivity index is 1.67. The molecule has 0 unspecified atom stereocenters. The van der Waals surface area contributed by atoms with Crippen LogP contribution >= 0.6 is 0 Å². The number of piperidine rings is 1. The highest BCUT2D eigenvalue weighted by molar-refractivity contribution is 5.76. The number of likely N-dealkylation sites (tertiary alicyclic amines) is 1. The molecule has 2 fully saturated rings. The number of rotatable bonds is 3. The smallest absolute Gasteiger partial charge is 0.340 e. The number of nitrogens with zero attached hydrogens (tertiary/aromatic N) is 2. The van der Waals surface area contributed by atoms with E-state index in [2.05, 4.69) is 5.32 Å². The Hall–Kier alpha value is -0.820. The second-order valence-corrected chi connectivity index (χ2v) is 5.54. The van der Waals surface area contributed by atoms with E-state index in [1.165, 1.54) is 0 Å². The minimum Gasteiger partial charge on any atom is -0.340 e. The summed E-state index contributed by atoms with van der Waals surface area (Å²) in [5.41, 5.74) is 0. The number of amides is 1. The monoisotopic (exact) mass is 293 g/mol. The summed E-state index contributed by atoms with van der Waals surface area (Å²) in [6.45, 7) is 4.57. The molecule has 1 amide bonds. The molecule has 2 aliphatic heterocycles. The van der Waals surface area contributed by atoms with Gasteiger partial charge in [0.05, 0.1) is 5.92 Å². The van der Waals surface area contributed by atoms with Crippen molar-refractivity contribution in [2.24, 2.45) is 5.92 Å². The molecule has 0 atom stereocenters. The first-order valence-corrected chi connectivity index (χ1v) is 7.24. The van der Waals surface area contributed by atoms with Crippen molar-refractivity contribution in [1.29, 1.82) is 0 Å². The zero-order chi connectivity index (χ0) is 14.6. The maximum Gasteiger partial charge on any atom is 0.391 e. The molecule has 0 aromatic rings. The van der Waals surface area contributed by atoms with Gasteiger partial charge in [0.15, 0.2) is 0 Å². The molecule has 0 saturated carbocycles. The zero-order valence-corrected chi connectivity index (χ0v) is 11.6. The number of alkyl halides is 3. The van der Waals surface area contributed by atoms with Gasteiger partial charge in [0, 0.05) is 39.1 Å². The molecule has 2 heterocycles. The van der Waals surface area contributed by atoms with Gasteiger partial charge in [0.1, 0.15) is 0 Å². The molecule has 2 saturated heterocycles. The van der Waals surface area contributed by atoms with Crippen molar-refractivity contribution in [3.63, 3.8) is 0 Å².